The van der Waals surface area contributed by atoms with Gasteiger partial charge in [0.05, 0.1) is 28.4 Å². The predicted molar refractivity (Wildman–Crippen MR) is 117 cm³/mol. The van der Waals surface area contributed by atoms with Gasteiger partial charge in [0.2, 0.25) is 0 Å². The van der Waals surface area contributed by atoms with E-state index in [2.05, 4.69) is 15.4 Å². The molecule has 1 aliphatic heterocycles. The highest BCUT2D eigenvalue weighted by Crippen LogP contribution is 2.37. The van der Waals surface area contributed by atoms with Gasteiger partial charge in [0.25, 0.3) is 11.8 Å². The van der Waals surface area contributed by atoms with E-state index in [4.69, 9.17) is 11.6 Å². The number of carbonyl (C=O) groups is 2. The van der Waals surface area contributed by atoms with E-state index in [1.165, 1.54) is 21.8 Å². The van der Waals surface area contributed by atoms with Crippen LogP contribution < -0.4 is 10.2 Å². The molecular weight excluding hydrogens is 459 g/mol. The number of anilines is 2. The van der Waals surface area contributed by atoms with Crippen molar-refractivity contribution in [3.05, 3.63) is 69.8 Å². The molecule has 3 aromatic rings. The maximum Gasteiger partial charge on any atom is 0.417 e. The van der Waals surface area contributed by atoms with Gasteiger partial charge in [0.15, 0.2) is 0 Å². The molecule has 1 N–H and O–H groups in total. The molecule has 2 amide bonds. The summed E-state index contributed by atoms with van der Waals surface area (Å²) >= 11 is 5.85. The first-order chi connectivity index (χ1) is 15.5. The molecule has 0 radical (unpaired) electrons. The second kappa shape index (κ2) is 8.18. The van der Waals surface area contributed by atoms with E-state index in [-0.39, 0.29) is 29.5 Å². The Hall–Kier alpha value is -3.40. The van der Waals surface area contributed by atoms with Crippen molar-refractivity contribution in [1.82, 2.24) is 14.8 Å². The fourth-order valence-electron chi connectivity index (χ4n) is 3.86. The van der Waals surface area contributed by atoms with Crippen LogP contribution in [0, 0.1) is 13.8 Å². The number of pyridine rings is 1. The van der Waals surface area contributed by atoms with E-state index in [1.54, 1.807) is 32.9 Å². The second-order valence-corrected chi connectivity index (χ2v) is 8.28. The molecule has 1 atom stereocenters. The zero-order valence-corrected chi connectivity index (χ0v) is 18.6. The summed E-state index contributed by atoms with van der Waals surface area (Å²) in [5.74, 6) is -1.09. The monoisotopic (exact) mass is 477 g/mol. The summed E-state index contributed by atoms with van der Waals surface area (Å²) in [4.78, 5) is 31.8. The van der Waals surface area contributed by atoms with Crippen molar-refractivity contribution in [2.45, 2.75) is 33.0 Å². The third kappa shape index (κ3) is 4.30. The summed E-state index contributed by atoms with van der Waals surface area (Å²) in [6.45, 7) is 5.53. The Kier molecular flexibility index (Phi) is 5.65. The number of benzene rings is 1. The molecule has 0 bridgehead atoms. The van der Waals surface area contributed by atoms with Crippen molar-refractivity contribution >= 4 is 34.8 Å². The highest BCUT2D eigenvalue weighted by atomic mass is 35.5. The Morgan fingerprint density at radius 3 is 2.45 bits per heavy atom. The summed E-state index contributed by atoms with van der Waals surface area (Å²) in [5.41, 5.74) is 1.27. The molecule has 11 heteroatoms. The quantitative estimate of drug-likeness (QED) is 0.573. The smallest absolute Gasteiger partial charge is 0.322 e. The fourth-order valence-corrected chi connectivity index (χ4v) is 4.14. The minimum absolute atomic E-state index is 0.0461. The topological polar surface area (TPSA) is 80.1 Å². The number of hydrogen-bond acceptors (Lipinski definition) is 4. The summed E-state index contributed by atoms with van der Waals surface area (Å²) < 4.78 is 40.6. The predicted octanol–water partition coefficient (Wildman–Crippen LogP) is 5.04. The van der Waals surface area contributed by atoms with Crippen LogP contribution in [0.3, 0.4) is 0 Å². The van der Waals surface area contributed by atoms with Crippen LogP contribution in [0.1, 0.15) is 50.8 Å². The van der Waals surface area contributed by atoms with Crippen LogP contribution in [0.5, 0.6) is 0 Å². The lowest BCUT2D eigenvalue weighted by Crippen LogP contribution is -2.43. The molecule has 1 aromatic carbocycles. The van der Waals surface area contributed by atoms with E-state index < -0.39 is 28.6 Å². The molecule has 172 valence electrons. The van der Waals surface area contributed by atoms with Crippen molar-refractivity contribution in [3.63, 3.8) is 0 Å². The van der Waals surface area contributed by atoms with Crippen LogP contribution in [0.25, 0.3) is 0 Å². The number of carbonyl (C=O) groups excluding carboxylic acids is 2. The molecule has 2 aromatic heterocycles. The van der Waals surface area contributed by atoms with Crippen LogP contribution in [0.4, 0.5) is 24.5 Å². The lowest BCUT2D eigenvalue weighted by Gasteiger charge is -2.32. The van der Waals surface area contributed by atoms with Crippen molar-refractivity contribution in [3.8, 4) is 0 Å². The van der Waals surface area contributed by atoms with E-state index >= 15 is 0 Å². The van der Waals surface area contributed by atoms with Crippen LogP contribution in [0.2, 0.25) is 5.02 Å². The van der Waals surface area contributed by atoms with E-state index in [0.29, 0.717) is 5.69 Å². The lowest BCUT2D eigenvalue weighted by molar-refractivity contribution is -0.137. The first kappa shape index (κ1) is 22.8. The Labute approximate surface area is 192 Å². The van der Waals surface area contributed by atoms with Crippen molar-refractivity contribution in [2.75, 3.05) is 16.8 Å². The number of amides is 2. The van der Waals surface area contributed by atoms with Crippen LogP contribution in [-0.4, -0.2) is 33.1 Å². The van der Waals surface area contributed by atoms with Crippen LogP contribution in [0.15, 0.2) is 36.5 Å². The van der Waals surface area contributed by atoms with Gasteiger partial charge in [-0.3, -0.25) is 19.3 Å². The van der Waals surface area contributed by atoms with Gasteiger partial charge < -0.3 is 10.2 Å². The van der Waals surface area contributed by atoms with Gasteiger partial charge >= 0.3 is 6.18 Å². The molecule has 0 saturated carbocycles. The molecule has 1 aliphatic rings. The zero-order valence-electron chi connectivity index (χ0n) is 17.9. The molecule has 0 fully saturated rings. The first-order valence-corrected chi connectivity index (χ1v) is 10.4. The SMILES string of the molecule is Cc1cc(NC(=O)c2cnn3c2C(=O)N(c2ccc(C(F)(F)F)c(Cl)c2)C[C@@H]3C)cc(C)n1. The number of aryl methyl sites for hydroxylation is 2. The van der Waals surface area contributed by atoms with E-state index in [1.807, 2.05) is 0 Å². The largest absolute Gasteiger partial charge is 0.417 e. The van der Waals surface area contributed by atoms with E-state index in [9.17, 15) is 22.8 Å². The standard InChI is InChI=1S/C22H19ClF3N5O2/c1-11-6-14(7-12(2)28-11)29-20(32)16-9-27-31-13(3)10-30(21(33)19(16)31)15-4-5-17(18(23)8-15)22(24,25)26/h4-9,13H,10H2,1-3H3,(H,28,29,32)/t13-/m0/s1. The molecule has 0 spiro atoms. The Morgan fingerprint density at radius 2 is 1.85 bits per heavy atom. The highest BCUT2D eigenvalue weighted by Gasteiger charge is 2.37. The molecule has 4 rings (SSSR count). The maximum atomic E-state index is 13.3. The molecule has 0 saturated heterocycles. The number of hydrogen-bond donors (Lipinski definition) is 1. The minimum atomic E-state index is -4.61. The normalized spacial score (nSPS) is 16.0. The molecular formula is C22H19ClF3N5O2. The van der Waals surface area contributed by atoms with Gasteiger partial charge in [0, 0.05) is 29.3 Å². The minimum Gasteiger partial charge on any atom is -0.322 e. The highest BCUT2D eigenvalue weighted by molar-refractivity contribution is 6.32. The van der Waals surface area contributed by atoms with Gasteiger partial charge in [-0.15, -0.1) is 0 Å². The van der Waals surface area contributed by atoms with Gasteiger partial charge in [-0.2, -0.15) is 18.3 Å². The summed E-state index contributed by atoms with van der Waals surface area (Å²) in [5, 5.41) is 6.44. The third-order valence-corrected chi connectivity index (χ3v) is 5.57. The lowest BCUT2D eigenvalue weighted by atomic mass is 10.1. The maximum absolute atomic E-state index is 13.3. The Balaban J connectivity index is 1.67. The van der Waals surface area contributed by atoms with Gasteiger partial charge in [0.1, 0.15) is 5.69 Å². The van der Waals surface area contributed by atoms with E-state index in [0.717, 1.165) is 23.5 Å². The summed E-state index contributed by atoms with van der Waals surface area (Å²) in [6, 6.07) is 6.19. The number of halogens is 4. The second-order valence-electron chi connectivity index (χ2n) is 7.87. The summed E-state index contributed by atoms with van der Waals surface area (Å²) in [7, 11) is 0. The molecule has 0 unspecified atom stereocenters. The average Bonchev–Trinajstić information content (AvgIpc) is 3.15. The van der Waals surface area contributed by atoms with Gasteiger partial charge in [-0.1, -0.05) is 11.6 Å². The molecule has 0 aliphatic carbocycles. The van der Waals surface area contributed by atoms with Crippen molar-refractivity contribution in [1.29, 1.82) is 0 Å². The summed E-state index contributed by atoms with van der Waals surface area (Å²) in [6.07, 6.45) is -3.30. The third-order valence-electron chi connectivity index (χ3n) is 5.26. The van der Waals surface area contributed by atoms with Crippen LogP contribution >= 0.6 is 11.6 Å². The van der Waals surface area contributed by atoms with Crippen molar-refractivity contribution < 1.29 is 22.8 Å². The Bertz CT molecular complexity index is 1250. The van der Waals surface area contributed by atoms with Gasteiger partial charge in [-0.25, -0.2) is 0 Å². The fraction of sp³-hybridized carbons (Fsp3) is 0.273. The van der Waals surface area contributed by atoms with Crippen molar-refractivity contribution in [2.24, 2.45) is 0 Å². The number of aromatic nitrogens is 3. The molecule has 33 heavy (non-hydrogen) atoms. The number of nitrogens with zero attached hydrogens (tertiary/aromatic N) is 4. The van der Waals surface area contributed by atoms with Crippen LogP contribution in [-0.2, 0) is 6.18 Å². The first-order valence-electron chi connectivity index (χ1n) is 9.98. The molecule has 7 nitrogen and oxygen atoms in total. The average molecular weight is 478 g/mol. The van der Waals surface area contributed by atoms with Gasteiger partial charge in [-0.05, 0) is 51.1 Å². The number of rotatable bonds is 3. The number of fused-ring (bicyclic) bond motifs is 1. The Morgan fingerprint density at radius 1 is 1.18 bits per heavy atom. The number of alkyl halides is 3. The number of nitrogens with one attached hydrogen (secondary N) is 1. The zero-order chi connectivity index (χ0) is 24.1. The molecule has 3 heterocycles.